The van der Waals surface area contributed by atoms with Crippen LogP contribution in [0.3, 0.4) is 0 Å². The Morgan fingerprint density at radius 1 is 1.14 bits per heavy atom. The van der Waals surface area contributed by atoms with E-state index in [4.69, 9.17) is 4.74 Å². The molecular formula is C17H17NO4. The minimum Gasteiger partial charge on any atom is -0.508 e. The Hall–Kier alpha value is -2.95. The maximum atomic E-state index is 11.5. The number of hydrogen-bond donors (Lipinski definition) is 3. The van der Waals surface area contributed by atoms with Gasteiger partial charge in [0.1, 0.15) is 18.1 Å². The fourth-order valence-corrected chi connectivity index (χ4v) is 1.78. The average molecular weight is 299 g/mol. The lowest BCUT2D eigenvalue weighted by Crippen LogP contribution is -2.24. The minimum atomic E-state index is -0.520. The maximum Gasteiger partial charge on any atom is 0.407 e. The molecule has 0 saturated carbocycles. The molecule has 5 nitrogen and oxygen atoms in total. The number of amides is 1. The van der Waals surface area contributed by atoms with Crippen molar-refractivity contribution in [3.63, 3.8) is 0 Å². The van der Waals surface area contributed by atoms with Gasteiger partial charge in [-0.15, -0.1) is 0 Å². The molecule has 3 N–H and O–H groups in total. The Bertz CT molecular complexity index is 653. The number of benzene rings is 2. The van der Waals surface area contributed by atoms with E-state index in [1.807, 2.05) is 30.3 Å². The van der Waals surface area contributed by atoms with Gasteiger partial charge in [0.25, 0.3) is 0 Å². The summed E-state index contributed by atoms with van der Waals surface area (Å²) in [6.07, 6.45) is 2.73. The molecule has 1 amide bonds. The van der Waals surface area contributed by atoms with Crippen LogP contribution in [0.5, 0.6) is 11.5 Å². The van der Waals surface area contributed by atoms with Crippen molar-refractivity contribution in [1.29, 1.82) is 0 Å². The predicted molar refractivity (Wildman–Crippen MR) is 83.4 cm³/mol. The summed E-state index contributed by atoms with van der Waals surface area (Å²) < 4.78 is 5.05. The summed E-state index contributed by atoms with van der Waals surface area (Å²) in [5, 5.41) is 21.5. The van der Waals surface area contributed by atoms with Gasteiger partial charge in [-0.1, -0.05) is 42.5 Å². The van der Waals surface area contributed by atoms with Gasteiger partial charge in [0, 0.05) is 12.1 Å². The molecule has 0 aliphatic carbocycles. The lowest BCUT2D eigenvalue weighted by Gasteiger charge is -2.05. The summed E-state index contributed by atoms with van der Waals surface area (Å²) in [5.41, 5.74) is 1.39. The molecule has 0 radical (unpaired) electrons. The van der Waals surface area contributed by atoms with Crippen LogP contribution in [0.4, 0.5) is 4.79 Å². The molecule has 0 atom stereocenters. The van der Waals surface area contributed by atoms with Crippen LogP contribution in [0.15, 0.2) is 54.6 Å². The zero-order valence-electron chi connectivity index (χ0n) is 11.9. The molecule has 0 saturated heterocycles. The fraction of sp³-hybridized carbons (Fsp3) is 0.118. The summed E-state index contributed by atoms with van der Waals surface area (Å²) in [6, 6.07) is 13.6. The van der Waals surface area contributed by atoms with E-state index in [1.54, 1.807) is 12.2 Å². The molecule has 0 bridgehead atoms. The van der Waals surface area contributed by atoms with E-state index in [0.717, 1.165) is 5.56 Å². The van der Waals surface area contributed by atoms with E-state index in [9.17, 15) is 15.0 Å². The van der Waals surface area contributed by atoms with Crippen LogP contribution in [0, 0.1) is 0 Å². The second-order valence-corrected chi connectivity index (χ2v) is 4.59. The molecule has 2 aromatic carbocycles. The van der Waals surface area contributed by atoms with Gasteiger partial charge in [0.15, 0.2) is 0 Å². The summed E-state index contributed by atoms with van der Waals surface area (Å²) in [4.78, 5) is 11.5. The van der Waals surface area contributed by atoms with Gasteiger partial charge in [-0.2, -0.15) is 0 Å². The van der Waals surface area contributed by atoms with Gasteiger partial charge in [-0.3, -0.25) is 0 Å². The van der Waals surface area contributed by atoms with Crippen molar-refractivity contribution in [2.24, 2.45) is 0 Å². The number of carbonyl (C=O) groups is 1. The number of ether oxygens (including phenoxy) is 1. The highest BCUT2D eigenvalue weighted by atomic mass is 16.5. The van der Waals surface area contributed by atoms with Crippen molar-refractivity contribution < 1.29 is 19.7 Å². The summed E-state index contributed by atoms with van der Waals surface area (Å²) in [6.45, 7) is 0.465. The number of alkyl carbamates (subject to hydrolysis) is 1. The van der Waals surface area contributed by atoms with Crippen molar-refractivity contribution in [3.8, 4) is 11.5 Å². The van der Waals surface area contributed by atoms with Crippen LogP contribution in [0.1, 0.15) is 11.1 Å². The van der Waals surface area contributed by atoms with Gasteiger partial charge in [0.05, 0.1) is 0 Å². The van der Waals surface area contributed by atoms with Gasteiger partial charge < -0.3 is 20.3 Å². The summed E-state index contributed by atoms with van der Waals surface area (Å²) in [5.74, 6) is 0.119. The second kappa shape index (κ2) is 7.73. The third-order valence-electron chi connectivity index (χ3n) is 2.89. The summed E-state index contributed by atoms with van der Waals surface area (Å²) >= 11 is 0. The van der Waals surface area contributed by atoms with Gasteiger partial charge >= 0.3 is 6.09 Å². The predicted octanol–water partition coefficient (Wildman–Crippen LogP) is 3.04. The second-order valence-electron chi connectivity index (χ2n) is 4.59. The van der Waals surface area contributed by atoms with E-state index in [2.05, 4.69) is 5.32 Å². The third-order valence-corrected chi connectivity index (χ3v) is 2.89. The zero-order chi connectivity index (χ0) is 15.8. The molecule has 0 spiro atoms. The topological polar surface area (TPSA) is 78.8 Å². The number of hydrogen-bond acceptors (Lipinski definition) is 4. The number of aromatic hydroxyl groups is 2. The Labute approximate surface area is 128 Å². The standard InChI is InChI=1S/C17H17NO4/c19-15-8-9-16(20)14(11-15)7-4-10-18-17(21)22-12-13-5-2-1-3-6-13/h1-9,11,19-20H,10,12H2,(H,18,21). The van der Waals surface area contributed by atoms with Crippen molar-refractivity contribution in [2.75, 3.05) is 6.54 Å². The maximum absolute atomic E-state index is 11.5. The number of phenolic OH excluding ortho intramolecular Hbond substituents is 2. The molecule has 0 unspecified atom stereocenters. The lowest BCUT2D eigenvalue weighted by atomic mass is 10.2. The molecular weight excluding hydrogens is 282 g/mol. The van der Waals surface area contributed by atoms with Crippen LogP contribution in [-0.2, 0) is 11.3 Å². The first-order valence-electron chi connectivity index (χ1n) is 6.78. The Balaban J connectivity index is 1.75. The van der Waals surface area contributed by atoms with E-state index < -0.39 is 6.09 Å². The third kappa shape index (κ3) is 4.86. The normalized spacial score (nSPS) is 10.5. The highest BCUT2D eigenvalue weighted by Gasteiger charge is 2.01. The SMILES string of the molecule is O=C(NCC=Cc1cc(O)ccc1O)OCc1ccccc1. The first-order valence-corrected chi connectivity index (χ1v) is 6.78. The summed E-state index contributed by atoms with van der Waals surface area (Å²) in [7, 11) is 0. The van der Waals surface area contributed by atoms with Crippen LogP contribution in [0.2, 0.25) is 0 Å². The Kier molecular flexibility index (Phi) is 5.43. The zero-order valence-corrected chi connectivity index (χ0v) is 11.9. The molecule has 0 aliphatic rings. The van der Waals surface area contributed by atoms with E-state index in [0.29, 0.717) is 5.56 Å². The van der Waals surface area contributed by atoms with Crippen LogP contribution in [-0.4, -0.2) is 22.9 Å². The molecule has 0 aromatic heterocycles. The average Bonchev–Trinajstić information content (AvgIpc) is 2.53. The highest BCUT2D eigenvalue weighted by molar-refractivity contribution is 5.68. The number of carbonyl (C=O) groups excluding carboxylic acids is 1. The Morgan fingerprint density at radius 3 is 2.68 bits per heavy atom. The monoisotopic (exact) mass is 299 g/mol. The number of nitrogens with one attached hydrogen (secondary N) is 1. The first kappa shape index (κ1) is 15.4. The van der Waals surface area contributed by atoms with Gasteiger partial charge in [-0.05, 0) is 23.8 Å². The van der Waals surface area contributed by atoms with Crippen LogP contribution in [0.25, 0.3) is 6.08 Å². The van der Waals surface area contributed by atoms with Crippen molar-refractivity contribution in [3.05, 3.63) is 65.7 Å². The molecule has 2 aromatic rings. The molecule has 22 heavy (non-hydrogen) atoms. The molecule has 114 valence electrons. The van der Waals surface area contributed by atoms with Crippen LogP contribution >= 0.6 is 0 Å². The van der Waals surface area contributed by atoms with E-state index >= 15 is 0 Å². The van der Waals surface area contributed by atoms with Gasteiger partial charge in [-0.25, -0.2) is 4.79 Å². The lowest BCUT2D eigenvalue weighted by molar-refractivity contribution is 0.141. The highest BCUT2D eigenvalue weighted by Crippen LogP contribution is 2.22. The van der Waals surface area contributed by atoms with Crippen LogP contribution < -0.4 is 5.32 Å². The smallest absolute Gasteiger partial charge is 0.407 e. The molecule has 5 heteroatoms. The fourth-order valence-electron chi connectivity index (χ4n) is 1.78. The molecule has 0 heterocycles. The van der Waals surface area contributed by atoms with E-state index in [-0.39, 0.29) is 24.7 Å². The minimum absolute atomic E-state index is 0.0562. The molecule has 2 rings (SSSR count). The van der Waals surface area contributed by atoms with E-state index in [1.165, 1.54) is 18.2 Å². The Morgan fingerprint density at radius 2 is 1.91 bits per heavy atom. The van der Waals surface area contributed by atoms with Crippen molar-refractivity contribution >= 4 is 12.2 Å². The van der Waals surface area contributed by atoms with Crippen molar-refractivity contribution in [1.82, 2.24) is 5.32 Å². The molecule has 0 aliphatic heterocycles. The first-order chi connectivity index (χ1) is 10.6. The van der Waals surface area contributed by atoms with Crippen molar-refractivity contribution in [2.45, 2.75) is 6.61 Å². The quantitative estimate of drug-likeness (QED) is 0.741. The molecule has 0 fully saturated rings. The van der Waals surface area contributed by atoms with Gasteiger partial charge in [0.2, 0.25) is 0 Å². The number of rotatable bonds is 5. The largest absolute Gasteiger partial charge is 0.508 e. The number of phenols is 2.